The molecule has 0 atom stereocenters. The minimum absolute atomic E-state index is 0.154. The van der Waals surface area contributed by atoms with Gasteiger partial charge in [0.2, 0.25) is 11.8 Å². The number of hydrazone groups is 1. The van der Waals surface area contributed by atoms with Gasteiger partial charge in [-0.15, -0.1) is 0 Å². The molecule has 7 nitrogen and oxygen atoms in total. The van der Waals surface area contributed by atoms with Gasteiger partial charge < -0.3 is 14.8 Å². The Labute approximate surface area is 214 Å². The summed E-state index contributed by atoms with van der Waals surface area (Å²) in [7, 11) is 1.56. The number of hydrogen-bond donors (Lipinski definition) is 2. The van der Waals surface area contributed by atoms with Crippen molar-refractivity contribution in [3.05, 3.63) is 87.9 Å². The molecule has 0 heterocycles. The van der Waals surface area contributed by atoms with Crippen LogP contribution in [-0.2, 0) is 16.2 Å². The molecule has 0 radical (unpaired) electrons. The van der Waals surface area contributed by atoms with Gasteiger partial charge in [-0.3, -0.25) is 9.59 Å². The average Bonchev–Trinajstić information content (AvgIpc) is 2.86. The highest BCUT2D eigenvalue weighted by Gasteiger charge is 2.08. The fourth-order valence-electron chi connectivity index (χ4n) is 3.06. The molecule has 0 aromatic heterocycles. The van der Waals surface area contributed by atoms with Crippen LogP contribution in [0.25, 0.3) is 0 Å². The van der Waals surface area contributed by atoms with Crippen LogP contribution in [0.15, 0.2) is 71.8 Å². The number of carbonyl (C=O) groups is 2. The fraction of sp³-hybridized carbons (Fsp3) is 0.192. The quantitative estimate of drug-likeness (QED) is 0.249. The SMILES string of the molecule is COc1cc(/C=N\NC(=O)CCCC(=O)Nc2ccc(Cl)c(Cl)c2)ccc1OCc1ccccc1. The van der Waals surface area contributed by atoms with Crippen LogP contribution in [0, 0.1) is 0 Å². The number of carbonyl (C=O) groups excluding carboxylic acids is 2. The van der Waals surface area contributed by atoms with Crippen molar-refractivity contribution in [3.63, 3.8) is 0 Å². The lowest BCUT2D eigenvalue weighted by Crippen LogP contribution is -2.18. The molecular formula is C26H25Cl2N3O4. The summed E-state index contributed by atoms with van der Waals surface area (Å²) in [5.41, 5.74) is 4.79. The number of ether oxygens (including phenoxy) is 2. The molecule has 0 aliphatic heterocycles. The molecule has 35 heavy (non-hydrogen) atoms. The molecule has 2 amide bonds. The van der Waals surface area contributed by atoms with Crippen molar-refractivity contribution in [3.8, 4) is 11.5 Å². The molecule has 182 valence electrons. The predicted octanol–water partition coefficient (Wildman–Crippen LogP) is 5.84. The van der Waals surface area contributed by atoms with E-state index in [0.717, 1.165) is 11.1 Å². The van der Waals surface area contributed by atoms with E-state index in [1.807, 2.05) is 36.4 Å². The molecule has 0 spiro atoms. The Morgan fingerprint density at radius 3 is 2.43 bits per heavy atom. The maximum atomic E-state index is 12.0. The third-order valence-electron chi connectivity index (χ3n) is 4.84. The number of hydrogen-bond acceptors (Lipinski definition) is 5. The molecule has 9 heteroatoms. The molecular weight excluding hydrogens is 489 g/mol. The van der Waals surface area contributed by atoms with E-state index in [4.69, 9.17) is 32.7 Å². The molecule has 3 aromatic carbocycles. The van der Waals surface area contributed by atoms with Crippen molar-refractivity contribution in [2.24, 2.45) is 5.10 Å². The number of rotatable bonds is 11. The summed E-state index contributed by atoms with van der Waals surface area (Å²) in [6.07, 6.45) is 2.22. The zero-order valence-corrected chi connectivity index (χ0v) is 20.6. The van der Waals surface area contributed by atoms with E-state index in [-0.39, 0.29) is 24.7 Å². The first-order chi connectivity index (χ1) is 16.9. The van der Waals surface area contributed by atoms with E-state index in [9.17, 15) is 9.59 Å². The molecule has 3 rings (SSSR count). The van der Waals surface area contributed by atoms with E-state index in [1.165, 1.54) is 6.21 Å². The highest BCUT2D eigenvalue weighted by molar-refractivity contribution is 6.42. The maximum Gasteiger partial charge on any atom is 0.240 e. The van der Waals surface area contributed by atoms with Gasteiger partial charge in [0.15, 0.2) is 11.5 Å². The zero-order valence-electron chi connectivity index (χ0n) is 19.1. The third-order valence-corrected chi connectivity index (χ3v) is 5.58. The van der Waals surface area contributed by atoms with Crippen LogP contribution >= 0.6 is 23.2 Å². The molecule has 0 unspecified atom stereocenters. The molecule has 0 saturated carbocycles. The monoisotopic (exact) mass is 513 g/mol. The lowest BCUT2D eigenvalue weighted by Gasteiger charge is -2.11. The van der Waals surface area contributed by atoms with Gasteiger partial charge in [0.25, 0.3) is 0 Å². The van der Waals surface area contributed by atoms with Crippen LogP contribution < -0.4 is 20.2 Å². The van der Waals surface area contributed by atoms with E-state index in [2.05, 4.69) is 15.8 Å². The standard InChI is InChI=1S/C26H25Cl2N3O4/c1-34-24-14-19(10-13-23(24)35-17-18-6-3-2-4-7-18)16-29-31-26(33)9-5-8-25(32)30-20-11-12-21(27)22(28)15-20/h2-4,6-7,10-16H,5,8-9,17H2,1H3,(H,30,32)(H,31,33)/b29-16-. The number of nitrogens with zero attached hydrogens (tertiary/aromatic N) is 1. The van der Waals surface area contributed by atoms with Crippen LogP contribution in [-0.4, -0.2) is 25.1 Å². The number of halogens is 2. The lowest BCUT2D eigenvalue weighted by molar-refractivity contribution is -0.121. The fourth-order valence-corrected chi connectivity index (χ4v) is 3.36. The second kappa shape index (κ2) is 13.4. The largest absolute Gasteiger partial charge is 0.493 e. The molecule has 0 aliphatic carbocycles. The van der Waals surface area contributed by atoms with Gasteiger partial charge in [0.1, 0.15) is 6.61 Å². The Kier molecular flexibility index (Phi) is 9.95. The molecule has 2 N–H and O–H groups in total. The van der Waals surface area contributed by atoms with Gasteiger partial charge in [0.05, 0.1) is 23.4 Å². The average molecular weight is 514 g/mol. The van der Waals surface area contributed by atoms with Crippen molar-refractivity contribution in [1.82, 2.24) is 5.43 Å². The van der Waals surface area contributed by atoms with E-state index < -0.39 is 0 Å². The molecule has 0 fully saturated rings. The smallest absolute Gasteiger partial charge is 0.240 e. The Hall–Kier alpha value is -3.55. The van der Waals surface area contributed by atoms with E-state index in [0.29, 0.717) is 40.3 Å². The minimum atomic E-state index is -0.293. The number of anilines is 1. The van der Waals surface area contributed by atoms with Crippen LogP contribution in [0.2, 0.25) is 10.0 Å². The Balaban J connectivity index is 1.41. The predicted molar refractivity (Wildman–Crippen MR) is 138 cm³/mol. The zero-order chi connectivity index (χ0) is 25.0. The van der Waals surface area contributed by atoms with Crippen LogP contribution in [0.1, 0.15) is 30.4 Å². The summed E-state index contributed by atoms with van der Waals surface area (Å²) in [5, 5.41) is 7.46. The maximum absolute atomic E-state index is 12.0. The Bertz CT molecular complexity index is 1190. The number of methoxy groups -OCH3 is 1. The van der Waals surface area contributed by atoms with Gasteiger partial charge in [-0.05, 0) is 53.9 Å². The Morgan fingerprint density at radius 1 is 0.914 bits per heavy atom. The topological polar surface area (TPSA) is 89.0 Å². The van der Waals surface area contributed by atoms with Crippen molar-refractivity contribution in [2.45, 2.75) is 25.9 Å². The van der Waals surface area contributed by atoms with E-state index >= 15 is 0 Å². The van der Waals surface area contributed by atoms with Crippen molar-refractivity contribution in [2.75, 3.05) is 12.4 Å². The van der Waals surface area contributed by atoms with Crippen molar-refractivity contribution >= 4 is 46.9 Å². The Morgan fingerprint density at radius 2 is 1.69 bits per heavy atom. The highest BCUT2D eigenvalue weighted by atomic mass is 35.5. The van der Waals surface area contributed by atoms with Crippen LogP contribution in [0.3, 0.4) is 0 Å². The summed E-state index contributed by atoms with van der Waals surface area (Å²) in [4.78, 5) is 24.1. The van der Waals surface area contributed by atoms with Crippen LogP contribution in [0.4, 0.5) is 5.69 Å². The molecule has 0 saturated heterocycles. The summed E-state index contributed by atoms with van der Waals surface area (Å²) >= 11 is 11.8. The van der Waals surface area contributed by atoms with E-state index in [1.54, 1.807) is 37.4 Å². The summed E-state index contributed by atoms with van der Waals surface area (Å²) < 4.78 is 11.2. The van der Waals surface area contributed by atoms with Gasteiger partial charge in [0, 0.05) is 18.5 Å². The minimum Gasteiger partial charge on any atom is -0.493 e. The second-order valence-electron chi connectivity index (χ2n) is 7.51. The highest BCUT2D eigenvalue weighted by Crippen LogP contribution is 2.28. The summed E-state index contributed by atoms with van der Waals surface area (Å²) in [6.45, 7) is 0.423. The number of nitrogens with one attached hydrogen (secondary N) is 2. The lowest BCUT2D eigenvalue weighted by atomic mass is 10.2. The van der Waals surface area contributed by atoms with Crippen molar-refractivity contribution in [1.29, 1.82) is 0 Å². The van der Waals surface area contributed by atoms with Gasteiger partial charge >= 0.3 is 0 Å². The normalized spacial score (nSPS) is 10.7. The second-order valence-corrected chi connectivity index (χ2v) is 8.32. The first-order valence-electron chi connectivity index (χ1n) is 10.9. The summed E-state index contributed by atoms with van der Waals surface area (Å²) in [6, 6.07) is 20.0. The first kappa shape index (κ1) is 26.1. The molecule has 0 aliphatic rings. The molecule has 3 aromatic rings. The summed E-state index contributed by atoms with van der Waals surface area (Å²) in [5.74, 6) is 0.653. The van der Waals surface area contributed by atoms with Gasteiger partial charge in [-0.25, -0.2) is 5.43 Å². The van der Waals surface area contributed by atoms with Crippen LogP contribution in [0.5, 0.6) is 11.5 Å². The van der Waals surface area contributed by atoms with Crippen molar-refractivity contribution < 1.29 is 19.1 Å². The molecule has 0 bridgehead atoms. The first-order valence-corrected chi connectivity index (χ1v) is 11.6. The van der Waals surface area contributed by atoms with Gasteiger partial charge in [-0.2, -0.15) is 5.10 Å². The van der Waals surface area contributed by atoms with Gasteiger partial charge in [-0.1, -0.05) is 53.5 Å². The number of amides is 2. The number of benzene rings is 3. The third kappa shape index (κ3) is 8.63.